The molecule has 160 valence electrons. The van der Waals surface area contributed by atoms with Crippen LogP contribution in [0.1, 0.15) is 45.1 Å². The third-order valence-electron chi connectivity index (χ3n) is 5.79. The largest absolute Gasteiger partial charge is 0.310 e. The molecule has 1 aromatic heterocycles. The molecule has 7 heteroatoms. The van der Waals surface area contributed by atoms with Crippen molar-refractivity contribution in [2.24, 2.45) is 16.3 Å². The van der Waals surface area contributed by atoms with Gasteiger partial charge in [0.15, 0.2) is 5.78 Å². The van der Waals surface area contributed by atoms with E-state index in [1.807, 2.05) is 37.3 Å². The van der Waals surface area contributed by atoms with Crippen LogP contribution in [-0.2, 0) is 9.59 Å². The van der Waals surface area contributed by atoms with Gasteiger partial charge in [0.25, 0.3) is 0 Å². The van der Waals surface area contributed by atoms with E-state index in [-0.39, 0.29) is 23.0 Å². The molecule has 2 aromatic rings. The summed E-state index contributed by atoms with van der Waals surface area (Å²) < 4.78 is 1.78. The minimum absolute atomic E-state index is 0.0787. The summed E-state index contributed by atoms with van der Waals surface area (Å²) in [6, 6.07) is 11.4. The van der Waals surface area contributed by atoms with E-state index in [0.29, 0.717) is 23.5 Å². The molecule has 0 fully saturated rings. The molecular formula is C24H23Br2N3O2. The van der Waals surface area contributed by atoms with Crippen molar-refractivity contribution in [3.05, 3.63) is 68.4 Å². The molecule has 2 aliphatic rings. The zero-order valence-corrected chi connectivity index (χ0v) is 20.7. The Balaban J connectivity index is 1.78. The Morgan fingerprint density at radius 1 is 1.06 bits per heavy atom. The maximum Gasteiger partial charge on any atom is 0.235 e. The molecule has 1 aliphatic heterocycles. The standard InChI is InChI=1S/C24H23Br2N3O2/c1-13-20(23(31)29-19-9-8-16(26)12-27-19)21(14-4-6-15(25)7-5-14)22-17(28-13)10-24(2,3)11-18(22)30/h4-9,12,20-21H,10-11H2,1-3H3,(H,27,29,31)/t20?,21-/m0/s1. The normalized spacial score (nSPS) is 22.6. The van der Waals surface area contributed by atoms with Gasteiger partial charge in [-0.25, -0.2) is 4.98 Å². The predicted octanol–water partition coefficient (Wildman–Crippen LogP) is 6.06. The molecule has 2 heterocycles. The second-order valence-electron chi connectivity index (χ2n) is 8.91. The molecule has 1 aliphatic carbocycles. The Bertz CT molecular complexity index is 1100. The van der Waals surface area contributed by atoms with E-state index in [1.165, 1.54) is 0 Å². The minimum atomic E-state index is -0.587. The number of pyridine rings is 1. The molecule has 0 bridgehead atoms. The maximum absolute atomic E-state index is 13.4. The quantitative estimate of drug-likeness (QED) is 0.510. The molecule has 1 unspecified atom stereocenters. The lowest BCUT2D eigenvalue weighted by Gasteiger charge is -2.39. The van der Waals surface area contributed by atoms with Crippen LogP contribution < -0.4 is 5.32 Å². The van der Waals surface area contributed by atoms with Crippen LogP contribution in [0, 0.1) is 11.3 Å². The first kappa shape index (κ1) is 22.1. The average Bonchev–Trinajstić information content (AvgIpc) is 2.68. The smallest absolute Gasteiger partial charge is 0.235 e. The van der Waals surface area contributed by atoms with E-state index in [4.69, 9.17) is 4.99 Å². The van der Waals surface area contributed by atoms with Crippen molar-refractivity contribution < 1.29 is 9.59 Å². The fourth-order valence-corrected chi connectivity index (χ4v) is 4.97. The molecule has 0 saturated heterocycles. The van der Waals surface area contributed by atoms with E-state index in [2.05, 4.69) is 56.0 Å². The number of nitrogens with one attached hydrogen (secondary N) is 1. The van der Waals surface area contributed by atoms with Crippen molar-refractivity contribution in [1.29, 1.82) is 0 Å². The second kappa shape index (κ2) is 8.43. The van der Waals surface area contributed by atoms with Gasteiger partial charge in [0.2, 0.25) is 5.91 Å². The zero-order chi connectivity index (χ0) is 22.3. The highest BCUT2D eigenvalue weighted by atomic mass is 79.9. The van der Waals surface area contributed by atoms with Gasteiger partial charge < -0.3 is 5.32 Å². The number of carbonyl (C=O) groups excluding carboxylic acids is 2. The van der Waals surface area contributed by atoms with Crippen molar-refractivity contribution in [1.82, 2.24) is 4.98 Å². The first-order valence-corrected chi connectivity index (χ1v) is 11.7. The van der Waals surface area contributed by atoms with Gasteiger partial charge in [0.05, 0.1) is 5.92 Å². The van der Waals surface area contributed by atoms with Crippen LogP contribution in [0.15, 0.2) is 67.8 Å². The zero-order valence-electron chi connectivity index (χ0n) is 17.6. The lowest BCUT2D eigenvalue weighted by Crippen LogP contribution is -2.41. The molecule has 1 amide bonds. The van der Waals surface area contributed by atoms with Gasteiger partial charge in [-0.2, -0.15) is 0 Å². The monoisotopic (exact) mass is 543 g/mol. The molecule has 5 nitrogen and oxygen atoms in total. The third-order valence-corrected chi connectivity index (χ3v) is 6.79. The number of halogens is 2. The van der Waals surface area contributed by atoms with Crippen LogP contribution in [-0.4, -0.2) is 22.4 Å². The van der Waals surface area contributed by atoms with Gasteiger partial charge in [0, 0.05) is 44.5 Å². The Labute approximate surface area is 198 Å². The van der Waals surface area contributed by atoms with E-state index in [0.717, 1.165) is 26.6 Å². The van der Waals surface area contributed by atoms with Crippen LogP contribution in [0.4, 0.5) is 5.82 Å². The Morgan fingerprint density at radius 3 is 2.39 bits per heavy atom. The summed E-state index contributed by atoms with van der Waals surface area (Å²) in [5, 5.41) is 2.91. The van der Waals surface area contributed by atoms with Crippen molar-refractivity contribution in [3.8, 4) is 0 Å². The number of hydrogen-bond donors (Lipinski definition) is 1. The summed E-state index contributed by atoms with van der Waals surface area (Å²) in [6.07, 6.45) is 2.81. The molecule has 1 N–H and O–H groups in total. The third kappa shape index (κ3) is 4.58. The molecule has 4 rings (SSSR count). The molecular weight excluding hydrogens is 522 g/mol. The van der Waals surface area contributed by atoms with Gasteiger partial charge in [-0.15, -0.1) is 0 Å². The number of hydrogen-bond acceptors (Lipinski definition) is 4. The Kier molecular flexibility index (Phi) is 6.01. The highest BCUT2D eigenvalue weighted by molar-refractivity contribution is 9.10. The first-order valence-electron chi connectivity index (χ1n) is 10.1. The molecule has 0 radical (unpaired) electrons. The number of rotatable bonds is 3. The number of aliphatic imine (C=N–C) groups is 1. The predicted molar refractivity (Wildman–Crippen MR) is 129 cm³/mol. The van der Waals surface area contributed by atoms with Crippen LogP contribution in [0.25, 0.3) is 0 Å². The summed E-state index contributed by atoms with van der Waals surface area (Å²) in [7, 11) is 0. The van der Waals surface area contributed by atoms with Gasteiger partial charge in [-0.1, -0.05) is 41.9 Å². The molecule has 2 atom stereocenters. The number of carbonyl (C=O) groups is 2. The van der Waals surface area contributed by atoms with Crippen LogP contribution in [0.5, 0.6) is 0 Å². The summed E-state index contributed by atoms with van der Waals surface area (Å²) in [4.78, 5) is 35.8. The number of benzene rings is 1. The van der Waals surface area contributed by atoms with Crippen molar-refractivity contribution in [2.75, 3.05) is 5.32 Å². The number of ketones is 1. The Morgan fingerprint density at radius 2 is 1.74 bits per heavy atom. The molecule has 31 heavy (non-hydrogen) atoms. The summed E-state index contributed by atoms with van der Waals surface area (Å²) in [6.45, 7) is 6.05. The number of amides is 1. The van der Waals surface area contributed by atoms with Crippen molar-refractivity contribution in [2.45, 2.75) is 39.5 Å². The number of anilines is 1. The number of nitrogens with zero attached hydrogens (tertiary/aromatic N) is 2. The highest BCUT2D eigenvalue weighted by Crippen LogP contribution is 2.48. The Hall–Kier alpha value is -2.12. The first-order chi connectivity index (χ1) is 14.6. The molecule has 0 saturated carbocycles. The SMILES string of the molecule is CC1=NC2=C(C(=O)CC(C)(C)C2)[C@@H](c2ccc(Br)cc2)C1C(=O)Nc1ccc(Br)cn1. The fraction of sp³-hybridized carbons (Fsp3) is 0.333. The van der Waals surface area contributed by atoms with Crippen LogP contribution in [0.2, 0.25) is 0 Å². The maximum atomic E-state index is 13.4. The van der Waals surface area contributed by atoms with E-state index in [9.17, 15) is 9.59 Å². The summed E-state index contributed by atoms with van der Waals surface area (Å²) in [5.74, 6) is -0.634. The number of Topliss-reactive ketones (excluding diaryl/α,β-unsaturated/α-hetero) is 1. The molecule has 1 aromatic carbocycles. The lowest BCUT2D eigenvalue weighted by atomic mass is 9.66. The van der Waals surface area contributed by atoms with E-state index in [1.54, 1.807) is 12.3 Å². The fourth-order valence-electron chi connectivity index (χ4n) is 4.47. The minimum Gasteiger partial charge on any atom is -0.310 e. The summed E-state index contributed by atoms with van der Waals surface area (Å²) >= 11 is 6.83. The molecule has 0 spiro atoms. The van der Waals surface area contributed by atoms with Crippen molar-refractivity contribution in [3.63, 3.8) is 0 Å². The van der Waals surface area contributed by atoms with Crippen LogP contribution in [0.3, 0.4) is 0 Å². The summed E-state index contributed by atoms with van der Waals surface area (Å²) in [5.41, 5.74) is 3.00. The van der Waals surface area contributed by atoms with Crippen molar-refractivity contribution >= 4 is 55.1 Å². The highest BCUT2D eigenvalue weighted by Gasteiger charge is 2.45. The second-order valence-corrected chi connectivity index (χ2v) is 10.7. The van der Waals surface area contributed by atoms with Gasteiger partial charge in [-0.05, 0) is 64.5 Å². The van der Waals surface area contributed by atoms with Gasteiger partial charge in [-0.3, -0.25) is 14.6 Å². The van der Waals surface area contributed by atoms with Gasteiger partial charge >= 0.3 is 0 Å². The lowest BCUT2D eigenvalue weighted by molar-refractivity contribution is -0.119. The number of aromatic nitrogens is 1. The van der Waals surface area contributed by atoms with E-state index < -0.39 is 5.92 Å². The van der Waals surface area contributed by atoms with E-state index >= 15 is 0 Å². The number of allylic oxidation sites excluding steroid dienone is 2. The van der Waals surface area contributed by atoms with Gasteiger partial charge in [0.1, 0.15) is 5.82 Å². The topological polar surface area (TPSA) is 71.4 Å². The average molecular weight is 545 g/mol. The van der Waals surface area contributed by atoms with Crippen LogP contribution >= 0.6 is 31.9 Å².